The molecule has 0 aliphatic carbocycles. The monoisotopic (exact) mass is 204 g/mol. The second-order valence-corrected chi connectivity index (χ2v) is 3.45. The van der Waals surface area contributed by atoms with Crippen molar-refractivity contribution in [1.29, 1.82) is 5.26 Å². The van der Waals surface area contributed by atoms with Crippen molar-refractivity contribution in [2.75, 3.05) is 0 Å². The van der Waals surface area contributed by atoms with Crippen LogP contribution in [0.5, 0.6) is 0 Å². The van der Waals surface area contributed by atoms with Gasteiger partial charge in [0.1, 0.15) is 0 Å². The van der Waals surface area contributed by atoms with Gasteiger partial charge in [0.25, 0.3) is 0 Å². The lowest BCUT2D eigenvalue weighted by Gasteiger charge is -1.92. The molecule has 6 heteroatoms. The molecule has 1 heterocycles. The maximum atomic E-state index is 11.1. The predicted molar refractivity (Wildman–Crippen MR) is 50.9 cm³/mol. The molecule has 0 atom stereocenters. The topological polar surface area (TPSA) is 75.1 Å². The van der Waals surface area contributed by atoms with E-state index in [1.807, 2.05) is 18.2 Å². The van der Waals surface area contributed by atoms with Crippen LogP contribution in [0.1, 0.15) is 0 Å². The lowest BCUT2D eigenvalue weighted by Crippen LogP contribution is -1.87. The molecule has 0 saturated heterocycles. The number of para-hydroxylation sites is 1. The fourth-order valence-electron chi connectivity index (χ4n) is 1.03. The summed E-state index contributed by atoms with van der Waals surface area (Å²) in [6.45, 7) is 0. The first-order valence-corrected chi connectivity index (χ1v) is 4.55. The van der Waals surface area contributed by atoms with Crippen LogP contribution in [0.4, 0.5) is 5.13 Å². The predicted octanol–water partition coefficient (Wildman–Crippen LogP) is 2.37. The van der Waals surface area contributed by atoms with E-state index >= 15 is 0 Å². The first-order valence-electron chi connectivity index (χ1n) is 3.74. The van der Waals surface area contributed by atoms with Gasteiger partial charge in [0.05, 0.1) is 4.70 Å². The average Bonchev–Trinajstić information content (AvgIpc) is 2.61. The zero-order chi connectivity index (χ0) is 9.97. The summed E-state index contributed by atoms with van der Waals surface area (Å²) in [6.07, 6.45) is 1.42. The Kier molecular flexibility index (Phi) is 2.08. The van der Waals surface area contributed by atoms with Crippen molar-refractivity contribution in [3.8, 4) is 6.19 Å². The normalized spacial score (nSPS) is 11.5. The van der Waals surface area contributed by atoms with E-state index in [9.17, 15) is 5.21 Å². The largest absolute Gasteiger partial charge is 0.689 e. The maximum Gasteiger partial charge on any atom is 0.408 e. The summed E-state index contributed by atoms with van der Waals surface area (Å²) in [7, 11) is 0. The van der Waals surface area contributed by atoms with Crippen LogP contribution in [0.15, 0.2) is 29.4 Å². The van der Waals surface area contributed by atoms with Gasteiger partial charge < -0.3 is 5.21 Å². The molecule has 0 radical (unpaired) electrons. The molecule has 0 fully saturated rings. The maximum absolute atomic E-state index is 11.1. The van der Waals surface area contributed by atoms with Crippen LogP contribution in [-0.4, -0.2) is 9.84 Å². The Morgan fingerprint density at radius 1 is 1.50 bits per heavy atom. The Morgan fingerprint density at radius 3 is 3.00 bits per heavy atom. The number of hydrogen-bond acceptors (Lipinski definition) is 5. The van der Waals surface area contributed by atoms with Crippen molar-refractivity contribution < 1.29 is 4.86 Å². The van der Waals surface area contributed by atoms with E-state index in [0.717, 1.165) is 10.2 Å². The average molecular weight is 204 g/mol. The van der Waals surface area contributed by atoms with Gasteiger partial charge in [-0.05, 0) is 28.5 Å². The highest BCUT2D eigenvalue weighted by atomic mass is 32.1. The first kappa shape index (κ1) is 8.59. The second kappa shape index (κ2) is 3.40. The van der Waals surface area contributed by atoms with Crippen LogP contribution in [0, 0.1) is 16.7 Å². The molecule has 0 aliphatic rings. The molecule has 1 aromatic carbocycles. The molecule has 2 aromatic rings. The molecule has 0 saturated carbocycles. The van der Waals surface area contributed by atoms with Crippen LogP contribution in [0.2, 0.25) is 0 Å². The van der Waals surface area contributed by atoms with E-state index < -0.39 is 0 Å². The van der Waals surface area contributed by atoms with Gasteiger partial charge in [-0.1, -0.05) is 12.1 Å². The van der Waals surface area contributed by atoms with E-state index in [0.29, 0.717) is 0 Å². The van der Waals surface area contributed by atoms with Crippen molar-refractivity contribution in [3.05, 3.63) is 29.5 Å². The number of benzene rings is 1. The lowest BCUT2D eigenvalue weighted by atomic mass is 10.3. The van der Waals surface area contributed by atoms with Crippen molar-refractivity contribution in [2.24, 2.45) is 5.11 Å². The Labute approximate surface area is 83.1 Å². The zero-order valence-corrected chi connectivity index (χ0v) is 7.73. The summed E-state index contributed by atoms with van der Waals surface area (Å²) in [5.74, 6) is 0. The summed E-state index contributed by atoms with van der Waals surface area (Å²) in [4.78, 5) is 4.25. The highest BCUT2D eigenvalue weighted by Gasteiger charge is 2.12. The summed E-state index contributed by atoms with van der Waals surface area (Å²) in [5, 5.41) is 22.5. The third kappa shape index (κ3) is 1.41. The van der Waals surface area contributed by atoms with Crippen LogP contribution < -0.4 is 0 Å². The molecule has 0 amide bonds. The molecule has 0 spiro atoms. The van der Waals surface area contributed by atoms with Crippen molar-refractivity contribution in [2.45, 2.75) is 0 Å². The number of fused-ring (bicyclic) bond motifs is 1. The van der Waals surface area contributed by atoms with Crippen LogP contribution in [0.25, 0.3) is 10.2 Å². The molecular weight excluding hydrogens is 200 g/mol. The van der Waals surface area contributed by atoms with E-state index in [2.05, 4.69) is 10.1 Å². The minimum atomic E-state index is 0.174. The van der Waals surface area contributed by atoms with E-state index in [1.54, 1.807) is 6.07 Å². The molecule has 5 nitrogen and oxygen atoms in total. The number of rotatable bonds is 1. The number of nitrogens with zero attached hydrogens (tertiary/aromatic N) is 4. The third-order valence-corrected chi connectivity index (χ3v) is 2.58. The van der Waals surface area contributed by atoms with Gasteiger partial charge in [-0.15, -0.1) is 4.86 Å². The van der Waals surface area contributed by atoms with Crippen molar-refractivity contribution in [3.63, 3.8) is 0 Å². The first-order chi connectivity index (χ1) is 6.81. The Balaban J connectivity index is 2.57. The highest BCUT2D eigenvalue weighted by molar-refractivity contribution is 7.21. The van der Waals surface area contributed by atoms with E-state index in [4.69, 9.17) is 5.26 Å². The van der Waals surface area contributed by atoms with Gasteiger partial charge in [0, 0.05) is 5.11 Å². The quantitative estimate of drug-likeness (QED) is 0.309. The Bertz CT molecular complexity index is 507. The number of thiazole rings is 1. The molecule has 0 aliphatic heterocycles. The molecule has 0 N–H and O–H groups in total. The Hall–Kier alpha value is -2.00. The van der Waals surface area contributed by atoms with Gasteiger partial charge in [-0.25, -0.2) is 0 Å². The van der Waals surface area contributed by atoms with Gasteiger partial charge >= 0.3 is 5.13 Å². The highest BCUT2D eigenvalue weighted by Crippen LogP contribution is 2.26. The summed E-state index contributed by atoms with van der Waals surface area (Å²) in [5.41, 5.74) is 0.737. The van der Waals surface area contributed by atoms with Crippen LogP contribution >= 0.6 is 11.3 Å². The molecule has 0 unspecified atom stereocenters. The molecule has 2 rings (SSSR count). The smallest absolute Gasteiger partial charge is 0.408 e. The molecule has 68 valence electrons. The van der Waals surface area contributed by atoms with Gasteiger partial charge in [-0.2, -0.15) is 5.26 Å². The third-order valence-electron chi connectivity index (χ3n) is 1.58. The molecule has 0 bridgehead atoms. The molecule has 14 heavy (non-hydrogen) atoms. The summed E-state index contributed by atoms with van der Waals surface area (Å²) < 4.78 is 0.900. The summed E-state index contributed by atoms with van der Waals surface area (Å²) in [6, 6.07) is 7.36. The van der Waals surface area contributed by atoms with Gasteiger partial charge in [0.15, 0.2) is 5.52 Å². The van der Waals surface area contributed by atoms with E-state index in [1.165, 1.54) is 17.5 Å². The fourth-order valence-corrected chi connectivity index (χ4v) is 1.85. The lowest BCUT2D eigenvalue weighted by molar-refractivity contribution is -0.434. The Morgan fingerprint density at radius 2 is 2.29 bits per heavy atom. The molecular formula is C8H4N4OS. The SMILES string of the molecule is N#CN=[N+]([O-])c1nc2ccccc2s1. The minimum absolute atomic E-state index is 0.174. The molecule has 1 aromatic heterocycles. The minimum Gasteiger partial charge on any atom is -0.689 e. The van der Waals surface area contributed by atoms with Crippen molar-refractivity contribution >= 4 is 26.7 Å². The van der Waals surface area contributed by atoms with Crippen LogP contribution in [-0.2, 0) is 0 Å². The standard InChI is InChI=1S/C8H4N4OS/c9-5-10-12(13)8-11-6-3-1-2-4-7(6)14-8/h1-4H. The zero-order valence-electron chi connectivity index (χ0n) is 6.91. The number of azo groups is 1. The van der Waals surface area contributed by atoms with Crippen molar-refractivity contribution in [1.82, 2.24) is 4.98 Å². The van der Waals surface area contributed by atoms with Gasteiger partial charge in [-0.3, -0.25) is 0 Å². The number of aromatic nitrogens is 1. The second-order valence-electron chi connectivity index (χ2n) is 2.44. The number of hydrogen-bond donors (Lipinski definition) is 0. The number of nitriles is 1. The van der Waals surface area contributed by atoms with Gasteiger partial charge in [0.2, 0.25) is 6.19 Å². The summed E-state index contributed by atoms with van der Waals surface area (Å²) >= 11 is 1.20. The fraction of sp³-hybridized carbons (Fsp3) is 0. The van der Waals surface area contributed by atoms with E-state index in [-0.39, 0.29) is 9.99 Å². The van der Waals surface area contributed by atoms with Crippen LogP contribution in [0.3, 0.4) is 0 Å².